The second-order valence-electron chi connectivity index (χ2n) is 6.37. The summed E-state index contributed by atoms with van der Waals surface area (Å²) in [5.74, 6) is 1.11. The molecule has 1 aliphatic heterocycles. The molecule has 0 bridgehead atoms. The van der Waals surface area contributed by atoms with Gasteiger partial charge in [-0.3, -0.25) is 9.59 Å². The molecule has 0 fully saturated rings. The van der Waals surface area contributed by atoms with Gasteiger partial charge < -0.3 is 19.4 Å². The van der Waals surface area contributed by atoms with Gasteiger partial charge in [-0.15, -0.1) is 0 Å². The molecule has 0 unspecified atom stereocenters. The van der Waals surface area contributed by atoms with Crippen LogP contribution in [0.1, 0.15) is 22.8 Å². The predicted octanol–water partition coefficient (Wildman–Crippen LogP) is 2.96. The van der Waals surface area contributed by atoms with Crippen molar-refractivity contribution in [1.82, 2.24) is 9.88 Å². The standard InChI is InChI=1S/C21H20N2O4/c1-2-23(13-14-7-8-18-19(11-14)27-10-9-26-18)21(25)16-12-22-17-6-4-3-5-15(17)20(16)24/h3-8,11-12H,2,9-10,13H2,1H3,(H,22,24). The molecule has 27 heavy (non-hydrogen) atoms. The fraction of sp³-hybridized carbons (Fsp3) is 0.238. The summed E-state index contributed by atoms with van der Waals surface area (Å²) in [6.45, 7) is 3.82. The Morgan fingerprint density at radius 3 is 2.70 bits per heavy atom. The van der Waals surface area contributed by atoms with Gasteiger partial charge in [-0.2, -0.15) is 0 Å². The van der Waals surface area contributed by atoms with Crippen molar-refractivity contribution >= 4 is 16.8 Å². The second kappa shape index (κ2) is 7.15. The molecule has 0 atom stereocenters. The summed E-state index contributed by atoms with van der Waals surface area (Å²) in [6.07, 6.45) is 1.50. The number of carbonyl (C=O) groups is 1. The van der Waals surface area contributed by atoms with Crippen molar-refractivity contribution < 1.29 is 14.3 Å². The summed E-state index contributed by atoms with van der Waals surface area (Å²) < 4.78 is 11.1. The van der Waals surface area contributed by atoms with E-state index in [1.54, 1.807) is 17.0 Å². The number of carbonyl (C=O) groups excluding carboxylic acids is 1. The van der Waals surface area contributed by atoms with Gasteiger partial charge in [0.2, 0.25) is 5.43 Å². The molecule has 0 saturated heterocycles. The Morgan fingerprint density at radius 1 is 1.11 bits per heavy atom. The largest absolute Gasteiger partial charge is 0.486 e. The van der Waals surface area contributed by atoms with Crippen molar-refractivity contribution in [3.05, 3.63) is 70.0 Å². The normalized spacial score (nSPS) is 12.8. The molecule has 0 radical (unpaired) electrons. The van der Waals surface area contributed by atoms with E-state index in [1.165, 1.54) is 6.20 Å². The van der Waals surface area contributed by atoms with Gasteiger partial charge in [-0.1, -0.05) is 18.2 Å². The zero-order valence-corrected chi connectivity index (χ0v) is 15.0. The smallest absolute Gasteiger partial charge is 0.259 e. The van der Waals surface area contributed by atoms with Gasteiger partial charge in [0.1, 0.15) is 18.8 Å². The van der Waals surface area contributed by atoms with Crippen molar-refractivity contribution in [3.63, 3.8) is 0 Å². The molecular formula is C21H20N2O4. The number of nitrogens with zero attached hydrogens (tertiary/aromatic N) is 1. The van der Waals surface area contributed by atoms with Crippen molar-refractivity contribution in [3.8, 4) is 11.5 Å². The molecule has 0 saturated carbocycles. The van der Waals surface area contributed by atoms with E-state index in [2.05, 4.69) is 4.98 Å². The first kappa shape index (κ1) is 17.1. The van der Waals surface area contributed by atoms with Gasteiger partial charge >= 0.3 is 0 Å². The van der Waals surface area contributed by atoms with Crippen LogP contribution in [0.25, 0.3) is 10.9 Å². The number of H-pyrrole nitrogens is 1. The van der Waals surface area contributed by atoms with Crippen LogP contribution in [0.3, 0.4) is 0 Å². The zero-order valence-electron chi connectivity index (χ0n) is 15.0. The van der Waals surface area contributed by atoms with Gasteiger partial charge in [0.25, 0.3) is 5.91 Å². The molecule has 4 rings (SSSR count). The van der Waals surface area contributed by atoms with Crippen molar-refractivity contribution in [1.29, 1.82) is 0 Å². The van der Waals surface area contributed by atoms with E-state index in [4.69, 9.17) is 9.47 Å². The molecule has 2 aromatic carbocycles. The lowest BCUT2D eigenvalue weighted by Crippen LogP contribution is -2.34. The Bertz CT molecular complexity index is 1060. The molecule has 1 amide bonds. The Hall–Kier alpha value is -3.28. The number of ether oxygens (including phenoxy) is 2. The van der Waals surface area contributed by atoms with Gasteiger partial charge in [-0.05, 0) is 36.8 Å². The van der Waals surface area contributed by atoms with Gasteiger partial charge in [0, 0.05) is 30.2 Å². The predicted molar refractivity (Wildman–Crippen MR) is 102 cm³/mol. The zero-order chi connectivity index (χ0) is 18.8. The monoisotopic (exact) mass is 364 g/mol. The van der Waals surface area contributed by atoms with Crippen LogP contribution in [0.4, 0.5) is 0 Å². The quantitative estimate of drug-likeness (QED) is 0.773. The van der Waals surface area contributed by atoms with Gasteiger partial charge in [-0.25, -0.2) is 0 Å². The van der Waals surface area contributed by atoms with Crippen LogP contribution in [0.5, 0.6) is 11.5 Å². The molecule has 0 aliphatic carbocycles. The number of nitrogens with one attached hydrogen (secondary N) is 1. The van der Waals surface area contributed by atoms with Crippen LogP contribution < -0.4 is 14.9 Å². The average molecular weight is 364 g/mol. The maximum Gasteiger partial charge on any atom is 0.259 e. The van der Waals surface area contributed by atoms with Crippen LogP contribution in [0, 0.1) is 0 Å². The highest BCUT2D eigenvalue weighted by Gasteiger charge is 2.20. The molecule has 6 nitrogen and oxygen atoms in total. The van der Waals surface area contributed by atoms with Crippen LogP contribution in [-0.2, 0) is 6.54 Å². The van der Waals surface area contributed by atoms with Gasteiger partial charge in [0.15, 0.2) is 11.5 Å². The number of rotatable bonds is 4. The van der Waals surface area contributed by atoms with Crippen LogP contribution in [0.15, 0.2) is 53.5 Å². The molecule has 1 N–H and O–H groups in total. The molecule has 138 valence electrons. The maximum absolute atomic E-state index is 13.0. The minimum Gasteiger partial charge on any atom is -0.486 e. The van der Waals surface area contributed by atoms with Crippen LogP contribution in [-0.4, -0.2) is 35.5 Å². The Labute approximate surface area is 156 Å². The Morgan fingerprint density at radius 2 is 1.89 bits per heavy atom. The minimum atomic E-state index is -0.292. The third-order valence-corrected chi connectivity index (χ3v) is 4.67. The van der Waals surface area contributed by atoms with E-state index in [0.717, 1.165) is 5.56 Å². The average Bonchev–Trinajstić information content (AvgIpc) is 2.72. The SMILES string of the molecule is CCN(Cc1ccc2c(c1)OCCO2)C(=O)c1c[nH]c2ccccc2c1=O. The number of fused-ring (bicyclic) bond motifs is 2. The van der Waals surface area contributed by atoms with E-state index in [-0.39, 0.29) is 16.9 Å². The number of aromatic amines is 1. The van der Waals surface area contributed by atoms with Crippen molar-refractivity contribution in [2.24, 2.45) is 0 Å². The number of hydrogen-bond donors (Lipinski definition) is 1. The lowest BCUT2D eigenvalue weighted by atomic mass is 10.1. The number of aromatic nitrogens is 1. The summed E-state index contributed by atoms with van der Waals surface area (Å²) in [6, 6.07) is 12.8. The molecule has 1 aliphatic rings. The fourth-order valence-electron chi connectivity index (χ4n) is 3.23. The maximum atomic E-state index is 13.0. The first-order valence-corrected chi connectivity index (χ1v) is 8.95. The van der Waals surface area contributed by atoms with Gasteiger partial charge in [0.05, 0.1) is 0 Å². The molecule has 1 aromatic heterocycles. The number of para-hydroxylation sites is 1. The van der Waals surface area contributed by atoms with E-state index in [9.17, 15) is 9.59 Å². The summed E-state index contributed by atoms with van der Waals surface area (Å²) >= 11 is 0. The van der Waals surface area contributed by atoms with Crippen molar-refractivity contribution in [2.45, 2.75) is 13.5 Å². The first-order chi connectivity index (χ1) is 13.2. The summed E-state index contributed by atoms with van der Waals surface area (Å²) in [5, 5.41) is 0.513. The lowest BCUT2D eigenvalue weighted by molar-refractivity contribution is 0.0750. The van der Waals surface area contributed by atoms with E-state index >= 15 is 0 Å². The highest BCUT2D eigenvalue weighted by atomic mass is 16.6. The first-order valence-electron chi connectivity index (χ1n) is 8.95. The number of hydrogen-bond acceptors (Lipinski definition) is 4. The van der Waals surface area contributed by atoms with E-state index in [0.29, 0.717) is 48.7 Å². The highest BCUT2D eigenvalue weighted by Crippen LogP contribution is 2.31. The summed E-state index contributed by atoms with van der Waals surface area (Å²) in [4.78, 5) is 30.4. The van der Waals surface area contributed by atoms with Crippen LogP contribution in [0.2, 0.25) is 0 Å². The topological polar surface area (TPSA) is 71.6 Å². The number of pyridine rings is 1. The Balaban J connectivity index is 1.62. The second-order valence-corrected chi connectivity index (χ2v) is 6.37. The number of amides is 1. The number of benzene rings is 2. The third kappa shape index (κ3) is 3.26. The van der Waals surface area contributed by atoms with E-state index < -0.39 is 0 Å². The van der Waals surface area contributed by atoms with E-state index in [1.807, 2.05) is 37.3 Å². The lowest BCUT2D eigenvalue weighted by Gasteiger charge is -2.23. The molecule has 2 heterocycles. The van der Waals surface area contributed by atoms with Crippen molar-refractivity contribution in [2.75, 3.05) is 19.8 Å². The molecule has 3 aromatic rings. The molecular weight excluding hydrogens is 344 g/mol. The minimum absolute atomic E-state index is 0.146. The third-order valence-electron chi connectivity index (χ3n) is 4.67. The molecule has 6 heteroatoms. The highest BCUT2D eigenvalue weighted by molar-refractivity contribution is 5.97. The molecule has 0 spiro atoms. The van der Waals surface area contributed by atoms with Crippen LogP contribution >= 0.6 is 0 Å². The summed E-state index contributed by atoms with van der Waals surface area (Å²) in [7, 11) is 0. The fourth-order valence-corrected chi connectivity index (χ4v) is 3.23. The summed E-state index contributed by atoms with van der Waals surface area (Å²) in [5.41, 5.74) is 1.53. The Kier molecular flexibility index (Phi) is 4.54.